The highest BCUT2D eigenvalue weighted by Gasteiger charge is 2.34. The molecule has 0 spiro atoms. The lowest BCUT2D eigenvalue weighted by molar-refractivity contribution is -0.402. The number of anilines is 1. The monoisotopic (exact) mass is 371 g/mol. The van der Waals surface area contributed by atoms with Gasteiger partial charge in [0.05, 0.1) is 6.07 Å². The van der Waals surface area contributed by atoms with Gasteiger partial charge in [0, 0.05) is 17.0 Å². The van der Waals surface area contributed by atoms with Crippen molar-refractivity contribution in [2.24, 2.45) is 4.99 Å². The summed E-state index contributed by atoms with van der Waals surface area (Å²) in [5.41, 5.74) is 2.07. The van der Waals surface area contributed by atoms with Gasteiger partial charge in [-0.25, -0.2) is 4.99 Å². The van der Waals surface area contributed by atoms with E-state index >= 15 is 0 Å². The van der Waals surface area contributed by atoms with Crippen molar-refractivity contribution in [3.05, 3.63) is 69.6 Å². The molecular weight excluding hydrogens is 354 g/mol. The summed E-state index contributed by atoms with van der Waals surface area (Å²) < 4.78 is 5.33. The number of Topliss-reactive ketones (excluding diaryl/α,β-unsaturated/α-hetero) is 1. The third-order valence-electron chi connectivity index (χ3n) is 4.07. The smallest absolute Gasteiger partial charge is 0.403 e. The molecule has 2 heterocycles. The Morgan fingerprint density at radius 1 is 1.27 bits per heavy atom. The van der Waals surface area contributed by atoms with Crippen LogP contribution < -0.4 is 4.90 Å². The van der Waals surface area contributed by atoms with Crippen LogP contribution in [0.1, 0.15) is 25.6 Å². The zero-order chi connectivity index (χ0) is 18.8. The molecule has 0 saturated carbocycles. The Morgan fingerprint density at radius 3 is 2.50 bits per heavy atom. The van der Waals surface area contributed by atoms with E-state index in [1.54, 1.807) is 0 Å². The van der Waals surface area contributed by atoms with Crippen LogP contribution in [0.15, 0.2) is 63.1 Å². The third kappa shape index (κ3) is 3.15. The van der Waals surface area contributed by atoms with E-state index in [1.807, 2.05) is 48.4 Å². The Hall–Kier alpha value is -2.87. The first kappa shape index (κ1) is 17.9. The van der Waals surface area contributed by atoms with E-state index in [0.717, 1.165) is 11.4 Å². The van der Waals surface area contributed by atoms with Crippen LogP contribution in [0.5, 0.6) is 0 Å². The number of amidine groups is 1. The van der Waals surface area contributed by atoms with Gasteiger partial charge in [0.15, 0.2) is 11.0 Å². The van der Waals surface area contributed by atoms with Gasteiger partial charge >= 0.3 is 5.88 Å². The number of para-hydroxylation sites is 1. The van der Waals surface area contributed by atoms with Gasteiger partial charge in [-0.2, -0.15) is 0 Å². The number of nitro groups is 1. The number of hydrogen-bond acceptors (Lipinski definition) is 7. The summed E-state index contributed by atoms with van der Waals surface area (Å²) in [6.45, 7) is 3.31. The van der Waals surface area contributed by atoms with Gasteiger partial charge in [-0.15, -0.1) is 0 Å². The third-order valence-corrected chi connectivity index (χ3v) is 4.72. The van der Waals surface area contributed by atoms with Crippen molar-refractivity contribution < 1.29 is 14.1 Å². The van der Waals surface area contributed by atoms with Gasteiger partial charge < -0.3 is 4.42 Å². The lowest BCUT2D eigenvalue weighted by Gasteiger charge is -2.33. The number of aliphatic imine (C=N–C) groups is 1. The molecule has 1 atom stereocenters. The lowest BCUT2D eigenvalue weighted by atomic mass is 9.97. The molecule has 134 valence electrons. The first-order chi connectivity index (χ1) is 12.4. The molecule has 2 aromatic rings. The summed E-state index contributed by atoms with van der Waals surface area (Å²) in [5, 5.41) is 11.6. The molecule has 1 aromatic carbocycles. The lowest BCUT2D eigenvalue weighted by Crippen LogP contribution is -2.34. The quantitative estimate of drug-likeness (QED) is 0.587. The number of furan rings is 1. The molecule has 7 nitrogen and oxygen atoms in total. The molecule has 0 N–H and O–H groups in total. The predicted molar refractivity (Wildman–Crippen MR) is 101 cm³/mol. The van der Waals surface area contributed by atoms with Crippen LogP contribution in [0.3, 0.4) is 0 Å². The van der Waals surface area contributed by atoms with Crippen LogP contribution in [0.2, 0.25) is 0 Å². The van der Waals surface area contributed by atoms with E-state index in [0.29, 0.717) is 10.7 Å². The highest BCUT2D eigenvalue weighted by Crippen LogP contribution is 2.39. The SMILES string of the molecule is CSC1=N[C@H](c2ccc([N+](=O)[O-])o2)C(C(C)=O)=C(C)N1c1ccccc1. The number of carbonyl (C=O) groups is 1. The van der Waals surface area contributed by atoms with Crippen molar-refractivity contribution >= 4 is 34.3 Å². The van der Waals surface area contributed by atoms with Crippen molar-refractivity contribution in [2.45, 2.75) is 19.9 Å². The molecule has 0 bridgehead atoms. The Labute approximate surface area is 154 Å². The highest BCUT2D eigenvalue weighted by atomic mass is 32.2. The zero-order valence-electron chi connectivity index (χ0n) is 14.5. The van der Waals surface area contributed by atoms with Gasteiger partial charge in [0.1, 0.15) is 16.7 Å². The normalized spacial score (nSPS) is 17.3. The molecule has 1 aliphatic heterocycles. The standard InChI is InChI=1S/C18H17N3O4S/c1-11-16(12(2)22)17(14-9-10-15(25-14)21(23)24)19-18(26-3)20(11)13-7-5-4-6-8-13/h4-10,17H,1-3H3/t17-/m1/s1. The minimum Gasteiger partial charge on any atom is -0.403 e. The van der Waals surface area contributed by atoms with Crippen LogP contribution in [0.4, 0.5) is 11.6 Å². The molecule has 0 fully saturated rings. The van der Waals surface area contributed by atoms with Gasteiger partial charge in [-0.3, -0.25) is 19.8 Å². The van der Waals surface area contributed by atoms with E-state index in [1.165, 1.54) is 30.8 Å². The van der Waals surface area contributed by atoms with E-state index in [2.05, 4.69) is 4.99 Å². The fourth-order valence-electron chi connectivity index (χ4n) is 2.96. The maximum Gasteiger partial charge on any atom is 0.433 e. The number of benzene rings is 1. The molecule has 1 aromatic heterocycles. The number of thioether (sulfide) groups is 1. The summed E-state index contributed by atoms with van der Waals surface area (Å²) in [5.74, 6) is -0.246. The molecule has 26 heavy (non-hydrogen) atoms. The van der Waals surface area contributed by atoms with Gasteiger partial charge in [-0.1, -0.05) is 30.0 Å². The number of nitrogens with zero attached hydrogens (tertiary/aromatic N) is 3. The number of carbonyl (C=O) groups excluding carboxylic acids is 1. The van der Waals surface area contributed by atoms with E-state index in [4.69, 9.17) is 4.42 Å². The topological polar surface area (TPSA) is 89.0 Å². The minimum atomic E-state index is -0.705. The molecule has 0 radical (unpaired) electrons. The van der Waals surface area contributed by atoms with E-state index in [9.17, 15) is 14.9 Å². The van der Waals surface area contributed by atoms with Gasteiger partial charge in [0.2, 0.25) is 0 Å². The van der Waals surface area contributed by atoms with Crippen molar-refractivity contribution in [3.63, 3.8) is 0 Å². The van der Waals surface area contributed by atoms with Gasteiger partial charge in [0.25, 0.3) is 0 Å². The summed E-state index contributed by atoms with van der Waals surface area (Å²) in [7, 11) is 0. The summed E-state index contributed by atoms with van der Waals surface area (Å²) in [6.07, 6.45) is 1.89. The molecule has 0 amide bonds. The number of hydrogen-bond donors (Lipinski definition) is 0. The van der Waals surface area contributed by atoms with E-state index < -0.39 is 11.0 Å². The Kier molecular flexibility index (Phi) is 4.94. The average molecular weight is 371 g/mol. The Morgan fingerprint density at radius 2 is 1.96 bits per heavy atom. The van der Waals surface area contributed by atoms with Crippen molar-refractivity contribution in [1.29, 1.82) is 0 Å². The fraction of sp³-hybridized carbons (Fsp3) is 0.222. The summed E-state index contributed by atoms with van der Waals surface area (Å²) in [4.78, 5) is 29.3. The van der Waals surface area contributed by atoms with Crippen LogP contribution in [-0.2, 0) is 4.79 Å². The molecule has 0 saturated heterocycles. The molecule has 0 aliphatic carbocycles. The largest absolute Gasteiger partial charge is 0.433 e. The molecule has 8 heteroatoms. The molecular formula is C18H17N3O4S. The van der Waals surface area contributed by atoms with Crippen LogP contribution in [-0.4, -0.2) is 22.1 Å². The Balaban J connectivity index is 2.14. The maximum absolute atomic E-state index is 12.4. The second-order valence-corrected chi connectivity index (χ2v) is 6.45. The van der Waals surface area contributed by atoms with Crippen molar-refractivity contribution in [1.82, 2.24) is 0 Å². The minimum absolute atomic E-state index is 0.156. The molecule has 0 unspecified atom stereocenters. The van der Waals surface area contributed by atoms with E-state index in [-0.39, 0.29) is 17.4 Å². The Bertz CT molecular complexity index is 918. The fourth-order valence-corrected chi connectivity index (χ4v) is 3.60. The first-order valence-corrected chi connectivity index (χ1v) is 9.09. The molecule has 3 rings (SSSR count). The predicted octanol–water partition coefficient (Wildman–Crippen LogP) is 4.33. The van der Waals surface area contributed by atoms with Gasteiger partial charge in [-0.05, 0) is 38.3 Å². The number of rotatable bonds is 4. The average Bonchev–Trinajstić information content (AvgIpc) is 3.11. The van der Waals surface area contributed by atoms with Crippen LogP contribution in [0.25, 0.3) is 0 Å². The van der Waals surface area contributed by atoms with Crippen LogP contribution >= 0.6 is 11.8 Å². The second kappa shape index (κ2) is 7.17. The van der Waals surface area contributed by atoms with Crippen LogP contribution in [0, 0.1) is 10.1 Å². The van der Waals surface area contributed by atoms with Crippen molar-refractivity contribution in [2.75, 3.05) is 11.2 Å². The number of ketones is 1. The number of allylic oxidation sites excluding steroid dienone is 1. The maximum atomic E-state index is 12.4. The zero-order valence-corrected chi connectivity index (χ0v) is 15.3. The highest BCUT2D eigenvalue weighted by molar-refractivity contribution is 8.13. The summed E-state index contributed by atoms with van der Waals surface area (Å²) in [6, 6.07) is 11.7. The first-order valence-electron chi connectivity index (χ1n) is 7.86. The summed E-state index contributed by atoms with van der Waals surface area (Å²) >= 11 is 1.43. The molecule has 1 aliphatic rings. The second-order valence-electron chi connectivity index (χ2n) is 5.68. The van der Waals surface area contributed by atoms with Crippen molar-refractivity contribution in [3.8, 4) is 0 Å².